The number of carbonyl (C=O) groups excluding carboxylic acids is 3. The Morgan fingerprint density at radius 3 is 1.90 bits per heavy atom. The minimum atomic E-state index is -0.554. The Kier molecular flexibility index (Phi) is 15.7. The normalized spacial score (nSPS) is 16.5. The highest BCUT2D eigenvalue weighted by Crippen LogP contribution is 2.40. The van der Waals surface area contributed by atoms with Crippen LogP contribution in [-0.4, -0.2) is 63.4 Å². The van der Waals surface area contributed by atoms with Gasteiger partial charge in [-0.05, 0) is 136 Å². The summed E-state index contributed by atoms with van der Waals surface area (Å²) in [6, 6.07) is 30.8. The van der Waals surface area contributed by atoms with Crippen molar-refractivity contribution in [3.8, 4) is 0 Å². The van der Waals surface area contributed by atoms with Gasteiger partial charge < -0.3 is 29.3 Å². The Hall–Kier alpha value is -6.87. The van der Waals surface area contributed by atoms with Crippen LogP contribution in [0.1, 0.15) is 90.0 Å². The first-order valence-corrected chi connectivity index (χ1v) is 23.9. The molecule has 1 saturated carbocycles. The van der Waals surface area contributed by atoms with Crippen LogP contribution in [0.25, 0.3) is 16.3 Å². The number of nitrogens with one attached hydrogen (secondary N) is 1. The fourth-order valence-electron chi connectivity index (χ4n) is 10.1. The fraction of sp³-hybridized carbons (Fsp3) is 0.339. The van der Waals surface area contributed by atoms with Gasteiger partial charge in [0.25, 0.3) is 0 Å². The first kappa shape index (κ1) is 49.0. The molecule has 9 nitrogen and oxygen atoms in total. The number of likely N-dealkylation sites (N-methyl/N-ethyl adjacent to an activating group) is 1. The second-order valence-corrected chi connectivity index (χ2v) is 18.7. The van der Waals surface area contributed by atoms with E-state index in [0.717, 1.165) is 70.1 Å². The lowest BCUT2D eigenvalue weighted by molar-refractivity contribution is -0.156. The van der Waals surface area contributed by atoms with Crippen LogP contribution in [0.3, 0.4) is 0 Å². The van der Waals surface area contributed by atoms with Gasteiger partial charge in [-0.25, -0.2) is 4.79 Å². The summed E-state index contributed by atoms with van der Waals surface area (Å²) in [6.45, 7) is 18.0. The molecule has 1 N–H and O–H groups in total. The van der Waals surface area contributed by atoms with Crippen LogP contribution in [0, 0.1) is 41.5 Å². The van der Waals surface area contributed by atoms with Crippen molar-refractivity contribution in [3.05, 3.63) is 171 Å². The number of hydrogen-bond donors (Lipinski definition) is 1. The minimum Gasteiger partial charge on any atom is -0.462 e. The molecule has 2 unspecified atom stereocenters. The van der Waals surface area contributed by atoms with E-state index in [1.54, 1.807) is 6.92 Å². The van der Waals surface area contributed by atoms with Crippen LogP contribution < -0.4 is 15.1 Å². The lowest BCUT2D eigenvalue weighted by Gasteiger charge is -2.33. The van der Waals surface area contributed by atoms with Crippen molar-refractivity contribution in [2.24, 2.45) is 0 Å². The SMILES string of the molecule is C=C(C)C(=O)OCCOC(=O)CCC(=O)OC1CCCCC1Nc1ccc(C(=C2C=CC(N(C)c3c(C)cc(C)cc3C)C=C2)c2ccc(N(C)c3c(C)cc(C)cc3C)cc2)c2ccccc12. The summed E-state index contributed by atoms with van der Waals surface area (Å²) in [6.07, 6.45) is 12.1. The van der Waals surface area contributed by atoms with Gasteiger partial charge in [-0.15, -0.1) is 0 Å². The Bertz CT molecular complexity index is 2740. The van der Waals surface area contributed by atoms with Crippen molar-refractivity contribution in [3.63, 3.8) is 0 Å². The standard InChI is InChI=1S/C59H67N3O6/c1-37(2)59(65)67-32-31-66-54(63)29-30-55(64)68-53-18-14-13-17-52(53)60-51-28-27-50(48-15-11-12-16-49(48)51)56(44-19-23-46(24-20-44)61(9)57-40(5)33-38(3)34-41(57)6)45-21-25-47(26-22-45)62(10)58-42(7)35-39(4)36-43(58)8/h11-12,15-16,19-28,33-36,46,52-53,60H,1,13-14,17-18,29-32H2,2-10H3. The highest BCUT2D eigenvalue weighted by Gasteiger charge is 2.30. The molecule has 0 aliphatic heterocycles. The van der Waals surface area contributed by atoms with E-state index >= 15 is 0 Å². The molecule has 5 aromatic carbocycles. The lowest BCUT2D eigenvalue weighted by Crippen LogP contribution is -2.39. The smallest absolute Gasteiger partial charge is 0.333 e. The summed E-state index contributed by atoms with van der Waals surface area (Å²) >= 11 is 0. The van der Waals surface area contributed by atoms with E-state index in [4.69, 9.17) is 14.2 Å². The summed E-state index contributed by atoms with van der Waals surface area (Å²) < 4.78 is 16.2. The maximum absolute atomic E-state index is 13.1. The van der Waals surface area contributed by atoms with Gasteiger partial charge >= 0.3 is 17.9 Å². The predicted molar refractivity (Wildman–Crippen MR) is 278 cm³/mol. The molecule has 0 aromatic heterocycles. The molecule has 354 valence electrons. The molecule has 0 radical (unpaired) electrons. The van der Waals surface area contributed by atoms with Crippen molar-refractivity contribution in [1.82, 2.24) is 0 Å². The molecule has 0 amide bonds. The average Bonchev–Trinajstić information content (AvgIpc) is 3.30. The van der Waals surface area contributed by atoms with Crippen molar-refractivity contribution >= 4 is 57.0 Å². The van der Waals surface area contributed by atoms with E-state index in [1.165, 1.54) is 44.8 Å². The van der Waals surface area contributed by atoms with Crippen LogP contribution in [0.15, 0.2) is 127 Å². The summed E-state index contributed by atoms with van der Waals surface area (Å²) in [4.78, 5) is 41.7. The zero-order valence-electron chi connectivity index (χ0n) is 41.3. The predicted octanol–water partition coefficient (Wildman–Crippen LogP) is 12.6. The first-order chi connectivity index (χ1) is 32.6. The molecular formula is C59H67N3O6. The van der Waals surface area contributed by atoms with E-state index < -0.39 is 17.9 Å². The number of carbonyl (C=O) groups is 3. The zero-order chi connectivity index (χ0) is 48.6. The molecule has 2 aliphatic carbocycles. The Morgan fingerprint density at radius 2 is 1.26 bits per heavy atom. The van der Waals surface area contributed by atoms with Gasteiger partial charge in [0.15, 0.2) is 0 Å². The third-order valence-electron chi connectivity index (χ3n) is 13.2. The molecule has 7 rings (SSSR count). The topological polar surface area (TPSA) is 97.4 Å². The van der Waals surface area contributed by atoms with Gasteiger partial charge in [-0.1, -0.05) is 115 Å². The largest absolute Gasteiger partial charge is 0.462 e. The summed E-state index contributed by atoms with van der Waals surface area (Å²) in [5.41, 5.74) is 16.9. The molecular weight excluding hydrogens is 847 g/mol. The Morgan fingerprint density at radius 1 is 0.691 bits per heavy atom. The quantitative estimate of drug-likeness (QED) is 0.0449. The number of allylic oxidation sites excluding steroid dienone is 3. The number of ether oxygens (including phenoxy) is 3. The van der Waals surface area contributed by atoms with Crippen LogP contribution in [0.4, 0.5) is 22.7 Å². The van der Waals surface area contributed by atoms with Gasteiger partial charge in [-0.3, -0.25) is 9.59 Å². The number of esters is 3. The number of nitrogens with zero attached hydrogens (tertiary/aromatic N) is 2. The molecule has 0 bridgehead atoms. The van der Waals surface area contributed by atoms with Gasteiger partial charge in [0.1, 0.15) is 19.3 Å². The van der Waals surface area contributed by atoms with E-state index in [9.17, 15) is 14.4 Å². The molecule has 9 heteroatoms. The number of hydrogen-bond acceptors (Lipinski definition) is 9. The summed E-state index contributed by atoms with van der Waals surface area (Å²) in [5, 5.41) is 5.98. The molecule has 68 heavy (non-hydrogen) atoms. The van der Waals surface area contributed by atoms with Crippen LogP contribution in [-0.2, 0) is 28.6 Å². The molecule has 1 fully saturated rings. The van der Waals surface area contributed by atoms with Gasteiger partial charge in [-0.2, -0.15) is 0 Å². The van der Waals surface area contributed by atoms with Crippen LogP contribution >= 0.6 is 0 Å². The Labute approximate surface area is 403 Å². The van der Waals surface area contributed by atoms with E-state index in [1.807, 2.05) is 0 Å². The average molecular weight is 914 g/mol. The maximum atomic E-state index is 13.1. The maximum Gasteiger partial charge on any atom is 0.333 e. The second kappa shape index (κ2) is 21.8. The minimum absolute atomic E-state index is 0.0774. The van der Waals surface area contributed by atoms with Crippen molar-refractivity contribution in [2.75, 3.05) is 42.4 Å². The molecule has 2 atom stereocenters. The highest BCUT2D eigenvalue weighted by atomic mass is 16.6. The molecule has 5 aromatic rings. The second-order valence-electron chi connectivity index (χ2n) is 18.7. The fourth-order valence-corrected chi connectivity index (χ4v) is 10.1. The van der Waals surface area contributed by atoms with Gasteiger partial charge in [0.05, 0.1) is 24.9 Å². The van der Waals surface area contributed by atoms with Crippen molar-refractivity contribution in [1.29, 1.82) is 0 Å². The van der Waals surface area contributed by atoms with Crippen molar-refractivity contribution < 1.29 is 28.6 Å². The third kappa shape index (κ3) is 11.4. The van der Waals surface area contributed by atoms with Crippen LogP contribution in [0.2, 0.25) is 0 Å². The lowest BCUT2D eigenvalue weighted by atomic mass is 9.86. The summed E-state index contributed by atoms with van der Waals surface area (Å²) in [7, 11) is 4.32. The van der Waals surface area contributed by atoms with E-state index in [0.29, 0.717) is 0 Å². The number of rotatable bonds is 16. The van der Waals surface area contributed by atoms with Gasteiger partial charge in [0.2, 0.25) is 0 Å². The summed E-state index contributed by atoms with van der Waals surface area (Å²) in [5.74, 6) is -1.54. The van der Waals surface area contributed by atoms with Crippen molar-refractivity contribution in [2.45, 2.75) is 105 Å². The first-order valence-electron chi connectivity index (χ1n) is 23.9. The van der Waals surface area contributed by atoms with E-state index in [2.05, 4.69) is 187 Å². The zero-order valence-corrected chi connectivity index (χ0v) is 41.3. The highest BCUT2D eigenvalue weighted by molar-refractivity contribution is 6.05. The van der Waals surface area contributed by atoms with Crippen LogP contribution in [0.5, 0.6) is 0 Å². The molecule has 0 saturated heterocycles. The monoisotopic (exact) mass is 914 g/mol. The molecule has 0 spiro atoms. The number of aryl methyl sites for hydroxylation is 6. The van der Waals surface area contributed by atoms with E-state index in [-0.39, 0.29) is 49.8 Å². The Balaban J connectivity index is 1.16. The number of benzene rings is 5. The third-order valence-corrected chi connectivity index (χ3v) is 13.2. The number of anilines is 4. The molecule has 0 heterocycles. The molecule has 2 aliphatic rings. The van der Waals surface area contributed by atoms with Gasteiger partial charge in [0, 0.05) is 47.8 Å². The number of fused-ring (bicyclic) bond motifs is 1.